The van der Waals surface area contributed by atoms with Crippen molar-refractivity contribution in [2.45, 2.75) is 26.0 Å². The average molecular weight is 312 g/mol. The van der Waals surface area contributed by atoms with Crippen LogP contribution in [0.4, 0.5) is 4.39 Å². The van der Waals surface area contributed by atoms with E-state index in [9.17, 15) is 14.3 Å². The highest BCUT2D eigenvalue weighted by Crippen LogP contribution is 2.28. The number of aryl methyl sites for hydroxylation is 1. The van der Waals surface area contributed by atoms with Gasteiger partial charge in [-0.1, -0.05) is 17.7 Å². The highest BCUT2D eigenvalue weighted by molar-refractivity contribution is 6.31. The zero-order valence-electron chi connectivity index (χ0n) is 11.6. The third-order valence-electron chi connectivity index (χ3n) is 3.23. The molecule has 0 radical (unpaired) electrons. The van der Waals surface area contributed by atoms with E-state index in [0.717, 1.165) is 0 Å². The summed E-state index contributed by atoms with van der Waals surface area (Å²) in [6.45, 7) is 3.23. The molecule has 0 aliphatic rings. The van der Waals surface area contributed by atoms with Gasteiger partial charge in [-0.25, -0.2) is 4.39 Å². The van der Waals surface area contributed by atoms with Crippen LogP contribution < -0.4 is 5.32 Å². The number of hydrogen-bond donors (Lipinski definition) is 2. The van der Waals surface area contributed by atoms with Gasteiger partial charge in [0, 0.05) is 10.6 Å². The number of hydrogen-bond acceptors (Lipinski definition) is 3. The van der Waals surface area contributed by atoms with Gasteiger partial charge in [-0.2, -0.15) is 0 Å². The van der Waals surface area contributed by atoms with E-state index in [-0.39, 0.29) is 10.6 Å². The van der Waals surface area contributed by atoms with E-state index >= 15 is 0 Å². The Morgan fingerprint density at radius 3 is 2.71 bits per heavy atom. The predicted molar refractivity (Wildman–Crippen MR) is 76.7 cm³/mol. The molecule has 0 bridgehead atoms. The van der Waals surface area contributed by atoms with E-state index in [0.29, 0.717) is 11.3 Å². The van der Waals surface area contributed by atoms with E-state index in [4.69, 9.17) is 16.0 Å². The lowest BCUT2D eigenvalue weighted by atomic mass is 10.0. The molecule has 2 aromatic rings. The normalized spacial score (nSPS) is 13.8. The molecule has 2 unspecified atom stereocenters. The smallest absolute Gasteiger partial charge is 0.255 e. The summed E-state index contributed by atoms with van der Waals surface area (Å²) in [5.74, 6) is -0.547. The Hall–Kier alpha value is -1.85. The molecule has 112 valence electrons. The predicted octanol–water partition coefficient (Wildman–Crippen LogP) is 3.23. The van der Waals surface area contributed by atoms with Crippen molar-refractivity contribution >= 4 is 17.5 Å². The number of carbonyl (C=O) groups is 1. The van der Waals surface area contributed by atoms with Gasteiger partial charge in [-0.15, -0.1) is 0 Å². The number of amides is 1. The highest BCUT2D eigenvalue weighted by atomic mass is 35.5. The van der Waals surface area contributed by atoms with E-state index in [1.807, 2.05) is 0 Å². The summed E-state index contributed by atoms with van der Waals surface area (Å²) in [7, 11) is 0. The third-order valence-corrected chi connectivity index (χ3v) is 3.56. The number of aliphatic hydroxyl groups is 1. The third kappa shape index (κ3) is 3.25. The van der Waals surface area contributed by atoms with Gasteiger partial charge >= 0.3 is 0 Å². The molecule has 1 aromatic heterocycles. The molecule has 0 aliphatic carbocycles. The Kier molecular flexibility index (Phi) is 4.65. The van der Waals surface area contributed by atoms with Crippen LogP contribution in [0.25, 0.3) is 0 Å². The number of benzene rings is 1. The maximum atomic E-state index is 13.8. The van der Waals surface area contributed by atoms with Crippen LogP contribution in [0.15, 0.2) is 34.9 Å². The topological polar surface area (TPSA) is 62.5 Å². The number of nitrogens with one attached hydrogen (secondary N) is 1. The minimum Gasteiger partial charge on any atom is -0.469 e. The van der Waals surface area contributed by atoms with Crippen molar-refractivity contribution in [3.63, 3.8) is 0 Å². The summed E-state index contributed by atoms with van der Waals surface area (Å²) in [6, 6.07) is 4.95. The first-order valence-corrected chi connectivity index (χ1v) is 6.76. The maximum absolute atomic E-state index is 13.8. The van der Waals surface area contributed by atoms with Gasteiger partial charge in [-0.3, -0.25) is 4.79 Å². The number of aliphatic hydroxyl groups excluding tert-OH is 1. The molecule has 0 spiro atoms. The molecule has 0 saturated heterocycles. The highest BCUT2D eigenvalue weighted by Gasteiger charge is 2.25. The van der Waals surface area contributed by atoms with Crippen LogP contribution in [0.3, 0.4) is 0 Å². The Morgan fingerprint density at radius 2 is 2.14 bits per heavy atom. The largest absolute Gasteiger partial charge is 0.469 e. The molecule has 0 fully saturated rings. The monoisotopic (exact) mass is 311 g/mol. The second kappa shape index (κ2) is 6.28. The first-order chi connectivity index (χ1) is 9.91. The van der Waals surface area contributed by atoms with E-state index in [1.54, 1.807) is 13.8 Å². The van der Waals surface area contributed by atoms with Gasteiger partial charge in [-0.05, 0) is 32.0 Å². The van der Waals surface area contributed by atoms with Gasteiger partial charge in [0.15, 0.2) is 0 Å². The van der Waals surface area contributed by atoms with Crippen LogP contribution in [0.2, 0.25) is 5.02 Å². The molecule has 0 saturated carbocycles. The number of carbonyl (C=O) groups excluding carboxylic acids is 1. The van der Waals surface area contributed by atoms with Crippen molar-refractivity contribution in [3.8, 4) is 0 Å². The zero-order valence-corrected chi connectivity index (χ0v) is 12.3. The second-order valence-corrected chi connectivity index (χ2v) is 5.14. The minimum absolute atomic E-state index is 0.0316. The van der Waals surface area contributed by atoms with Crippen LogP contribution in [0.1, 0.15) is 34.7 Å². The minimum atomic E-state index is -1.25. The molecular weight excluding hydrogens is 297 g/mol. The van der Waals surface area contributed by atoms with Crippen molar-refractivity contribution in [1.82, 2.24) is 5.32 Å². The van der Waals surface area contributed by atoms with Crippen molar-refractivity contribution in [3.05, 3.63) is 58.3 Å². The molecule has 0 aliphatic heterocycles. The van der Waals surface area contributed by atoms with Crippen molar-refractivity contribution in [1.29, 1.82) is 0 Å². The van der Waals surface area contributed by atoms with Gasteiger partial charge < -0.3 is 14.8 Å². The second-order valence-electron chi connectivity index (χ2n) is 4.73. The molecule has 1 amide bonds. The molecule has 21 heavy (non-hydrogen) atoms. The van der Waals surface area contributed by atoms with E-state index in [2.05, 4.69) is 5.32 Å². The lowest BCUT2D eigenvalue weighted by Gasteiger charge is -2.21. The fourth-order valence-electron chi connectivity index (χ4n) is 2.03. The first-order valence-electron chi connectivity index (χ1n) is 6.38. The van der Waals surface area contributed by atoms with Crippen LogP contribution in [0.5, 0.6) is 0 Å². The van der Waals surface area contributed by atoms with Crippen LogP contribution in [-0.2, 0) is 0 Å². The summed E-state index contributed by atoms with van der Waals surface area (Å²) >= 11 is 5.90. The average Bonchev–Trinajstić information content (AvgIpc) is 2.84. The van der Waals surface area contributed by atoms with Gasteiger partial charge in [0.1, 0.15) is 17.7 Å². The Balaban J connectivity index is 2.15. The Morgan fingerprint density at radius 1 is 1.43 bits per heavy atom. The molecular formula is C15H15ClFNO3. The molecule has 2 N–H and O–H groups in total. The lowest BCUT2D eigenvalue weighted by molar-refractivity contribution is 0.0844. The Bertz CT molecular complexity index is 636. The summed E-state index contributed by atoms with van der Waals surface area (Å²) < 4.78 is 18.8. The standard InChI is InChI=1S/C15H15ClFNO3/c1-8(18-15(20)10-6-7-21-9(10)2)14(19)13-11(16)4-3-5-12(13)17/h3-8,14,19H,1-2H3,(H,18,20). The molecule has 2 atom stereocenters. The van der Waals surface area contributed by atoms with Gasteiger partial charge in [0.2, 0.25) is 0 Å². The van der Waals surface area contributed by atoms with Crippen LogP contribution in [-0.4, -0.2) is 17.1 Å². The van der Waals surface area contributed by atoms with Crippen molar-refractivity contribution in [2.24, 2.45) is 0 Å². The van der Waals surface area contributed by atoms with Crippen LogP contribution in [0, 0.1) is 12.7 Å². The van der Waals surface area contributed by atoms with Crippen LogP contribution >= 0.6 is 11.6 Å². The number of furan rings is 1. The summed E-state index contributed by atoms with van der Waals surface area (Å²) in [4.78, 5) is 12.0. The lowest BCUT2D eigenvalue weighted by Crippen LogP contribution is -2.37. The van der Waals surface area contributed by atoms with Gasteiger partial charge in [0.25, 0.3) is 5.91 Å². The molecule has 6 heteroatoms. The summed E-state index contributed by atoms with van der Waals surface area (Å²) in [6.07, 6.45) is 0.147. The summed E-state index contributed by atoms with van der Waals surface area (Å²) in [5.41, 5.74) is 0.338. The maximum Gasteiger partial charge on any atom is 0.255 e. The van der Waals surface area contributed by atoms with Crippen molar-refractivity contribution in [2.75, 3.05) is 0 Å². The molecule has 1 heterocycles. The summed E-state index contributed by atoms with van der Waals surface area (Å²) in [5, 5.41) is 12.9. The van der Waals surface area contributed by atoms with E-state index in [1.165, 1.54) is 30.5 Å². The SMILES string of the molecule is Cc1occc1C(=O)NC(C)C(O)c1c(F)cccc1Cl. The zero-order chi connectivity index (χ0) is 15.6. The molecule has 1 aromatic carbocycles. The first kappa shape index (κ1) is 15.5. The fraction of sp³-hybridized carbons (Fsp3) is 0.267. The van der Waals surface area contributed by atoms with Crippen molar-refractivity contribution < 1.29 is 18.7 Å². The quantitative estimate of drug-likeness (QED) is 0.911. The number of rotatable bonds is 4. The Labute approximate surface area is 126 Å². The molecule has 4 nitrogen and oxygen atoms in total. The molecule has 2 rings (SSSR count). The fourth-order valence-corrected chi connectivity index (χ4v) is 2.30. The van der Waals surface area contributed by atoms with Gasteiger partial charge in [0.05, 0.1) is 17.9 Å². The van der Waals surface area contributed by atoms with E-state index < -0.39 is 23.9 Å². The number of halogens is 2.